The third-order valence-corrected chi connectivity index (χ3v) is 11.8. The summed E-state index contributed by atoms with van der Waals surface area (Å²) < 4.78 is 6.28. The van der Waals surface area contributed by atoms with Crippen LogP contribution in [0.15, 0.2) is 48.5 Å². The van der Waals surface area contributed by atoms with Gasteiger partial charge in [0.25, 0.3) is 0 Å². The van der Waals surface area contributed by atoms with E-state index in [1.165, 1.54) is 10.7 Å². The maximum atomic E-state index is 13.0. The van der Waals surface area contributed by atoms with E-state index in [0.29, 0.717) is 18.4 Å². The molecule has 35 heavy (non-hydrogen) atoms. The molecule has 2 atom stereocenters. The van der Waals surface area contributed by atoms with Gasteiger partial charge in [0.2, 0.25) is 0 Å². The molecule has 0 radical (unpaired) electrons. The second kappa shape index (κ2) is 13.1. The standard InChI is InChI=1S/C25H31N2O4.3CH3.Sn/c1-5-9-21(25(30)31-4)26-24(29)22(16-17(2)3)27-23(28)20-14-12-19(13-15-20)18-10-7-6-8-11-18;;;;/h7-8,10-15,17,21-22H,5,9,16H2,1-4H3,(H,26,29)(H,27,28);3*1H3;/t21?,22-;;;;/m0..../s1. The maximum absolute atomic E-state index is 13.0. The van der Waals surface area contributed by atoms with Gasteiger partial charge in [0.1, 0.15) is 6.04 Å². The van der Waals surface area contributed by atoms with Gasteiger partial charge in [0, 0.05) is 0 Å². The number of rotatable bonds is 11. The van der Waals surface area contributed by atoms with Crippen LogP contribution < -0.4 is 14.2 Å². The maximum Gasteiger partial charge on any atom is 0.328 e. The summed E-state index contributed by atoms with van der Waals surface area (Å²) in [6, 6.07) is 14.7. The van der Waals surface area contributed by atoms with Crippen molar-refractivity contribution < 1.29 is 19.1 Å². The second-order valence-corrected chi connectivity index (χ2v) is 24.9. The average Bonchev–Trinajstić information content (AvgIpc) is 2.82. The quantitative estimate of drug-likeness (QED) is 0.300. The molecule has 0 spiro atoms. The summed E-state index contributed by atoms with van der Waals surface area (Å²) in [6.07, 6.45) is 1.65. The van der Waals surface area contributed by atoms with Gasteiger partial charge in [-0.15, -0.1) is 0 Å². The number of amides is 2. The molecule has 6 nitrogen and oxygen atoms in total. The first kappa shape index (κ1) is 28.9. The van der Waals surface area contributed by atoms with Crippen LogP contribution in [0.3, 0.4) is 0 Å². The molecule has 0 saturated heterocycles. The molecule has 0 fully saturated rings. The van der Waals surface area contributed by atoms with Gasteiger partial charge in [-0.05, 0) is 12.3 Å². The van der Waals surface area contributed by atoms with E-state index in [0.717, 1.165) is 17.5 Å². The zero-order valence-electron chi connectivity index (χ0n) is 22.1. The van der Waals surface area contributed by atoms with Gasteiger partial charge in [-0.3, -0.25) is 4.79 Å². The largest absolute Gasteiger partial charge is 0.467 e. The van der Waals surface area contributed by atoms with E-state index in [4.69, 9.17) is 4.74 Å². The Morgan fingerprint density at radius 1 is 0.857 bits per heavy atom. The Hall–Kier alpha value is -2.35. The predicted molar refractivity (Wildman–Crippen MR) is 144 cm³/mol. The van der Waals surface area contributed by atoms with Crippen molar-refractivity contribution >= 4 is 39.7 Å². The summed E-state index contributed by atoms with van der Waals surface area (Å²) in [5, 5.41) is 5.61. The van der Waals surface area contributed by atoms with Crippen molar-refractivity contribution in [1.82, 2.24) is 10.6 Å². The molecule has 2 amide bonds. The van der Waals surface area contributed by atoms with Crippen LogP contribution in [0.5, 0.6) is 0 Å². The first-order chi connectivity index (χ1) is 16.5. The van der Waals surface area contributed by atoms with Crippen molar-refractivity contribution in [2.75, 3.05) is 7.11 Å². The monoisotopic (exact) mass is 588 g/mol. The summed E-state index contributed by atoms with van der Waals surface area (Å²) in [5.41, 5.74) is 2.63. The predicted octanol–water partition coefficient (Wildman–Crippen LogP) is 4.50. The van der Waals surface area contributed by atoms with E-state index < -0.39 is 36.4 Å². The molecular formula is C28H40N2O4Sn. The van der Waals surface area contributed by atoms with E-state index in [2.05, 4.69) is 49.7 Å². The molecule has 190 valence electrons. The molecule has 0 bridgehead atoms. The van der Waals surface area contributed by atoms with Gasteiger partial charge in [-0.25, -0.2) is 4.79 Å². The zero-order chi connectivity index (χ0) is 26.2. The average molecular weight is 587 g/mol. The summed E-state index contributed by atoms with van der Waals surface area (Å²) in [5.74, 6) is -1.00. The SMILES string of the molecule is CCCC(NC(=O)[C@H](CC(C)C)NC(=O)c1ccc(-c2cc[c]([Sn]([CH3])([CH3])[CH3])cc2)cc1)C(=O)OC. The number of hydrogen-bond donors (Lipinski definition) is 2. The normalized spacial score (nSPS) is 13.1. The fourth-order valence-corrected chi connectivity index (χ4v) is 7.20. The number of carbonyl (C=O) groups excluding carboxylic acids is 3. The first-order valence-corrected chi connectivity index (χ1v) is 22.3. The van der Waals surface area contributed by atoms with Gasteiger partial charge in [0.05, 0.1) is 7.11 Å². The molecule has 2 rings (SSSR count). The Morgan fingerprint density at radius 2 is 1.40 bits per heavy atom. The number of esters is 1. The number of hydrogen-bond acceptors (Lipinski definition) is 4. The number of benzene rings is 2. The summed E-state index contributed by atoms with van der Waals surface area (Å²) >= 11 is -2.09. The van der Waals surface area contributed by atoms with E-state index in [-0.39, 0.29) is 17.7 Å². The smallest absolute Gasteiger partial charge is 0.328 e. The molecule has 2 aromatic carbocycles. The molecule has 0 aromatic heterocycles. The molecule has 0 aliphatic rings. The molecule has 2 aromatic rings. The topological polar surface area (TPSA) is 84.5 Å². The van der Waals surface area contributed by atoms with Crippen LogP contribution >= 0.6 is 0 Å². The molecule has 2 N–H and O–H groups in total. The van der Waals surface area contributed by atoms with E-state index in [1.807, 2.05) is 32.9 Å². The van der Waals surface area contributed by atoms with Gasteiger partial charge in [-0.2, -0.15) is 0 Å². The summed E-state index contributed by atoms with van der Waals surface area (Å²) in [7, 11) is 1.30. The first-order valence-electron chi connectivity index (χ1n) is 12.4. The zero-order valence-corrected chi connectivity index (χ0v) is 25.0. The van der Waals surface area contributed by atoms with Crippen molar-refractivity contribution in [3.8, 4) is 11.1 Å². The molecule has 1 unspecified atom stereocenters. The minimum absolute atomic E-state index is 0.178. The Bertz CT molecular complexity index is 995. The second-order valence-electron chi connectivity index (χ2n) is 10.4. The van der Waals surface area contributed by atoms with E-state index in [1.54, 1.807) is 12.1 Å². The molecular weight excluding hydrogens is 547 g/mol. The van der Waals surface area contributed by atoms with Crippen LogP contribution in [0, 0.1) is 5.92 Å². The Labute approximate surface area is 214 Å². The third-order valence-electron chi connectivity index (χ3n) is 5.94. The Morgan fingerprint density at radius 3 is 1.86 bits per heavy atom. The van der Waals surface area contributed by atoms with Crippen molar-refractivity contribution in [1.29, 1.82) is 0 Å². The number of ether oxygens (including phenoxy) is 1. The Kier molecular flexibility index (Phi) is 10.8. The molecule has 0 aliphatic heterocycles. The summed E-state index contributed by atoms with van der Waals surface area (Å²) in [6.45, 7) is 5.90. The van der Waals surface area contributed by atoms with Gasteiger partial charge < -0.3 is 10.1 Å². The van der Waals surface area contributed by atoms with Gasteiger partial charge in [0.15, 0.2) is 0 Å². The van der Waals surface area contributed by atoms with E-state index in [9.17, 15) is 14.4 Å². The minimum Gasteiger partial charge on any atom is -0.467 e. The van der Waals surface area contributed by atoms with E-state index >= 15 is 0 Å². The fraction of sp³-hybridized carbons (Fsp3) is 0.464. The molecule has 0 saturated carbocycles. The summed E-state index contributed by atoms with van der Waals surface area (Å²) in [4.78, 5) is 45.1. The van der Waals surface area contributed by atoms with Crippen molar-refractivity contribution in [2.24, 2.45) is 5.92 Å². The van der Waals surface area contributed by atoms with Crippen LogP contribution in [-0.4, -0.2) is 55.4 Å². The third kappa shape index (κ3) is 8.67. The van der Waals surface area contributed by atoms with Crippen LogP contribution in [0.2, 0.25) is 14.8 Å². The van der Waals surface area contributed by atoms with Crippen molar-refractivity contribution in [3.63, 3.8) is 0 Å². The van der Waals surface area contributed by atoms with Crippen LogP contribution in [0.25, 0.3) is 11.1 Å². The van der Waals surface area contributed by atoms with Crippen LogP contribution in [-0.2, 0) is 14.3 Å². The van der Waals surface area contributed by atoms with Crippen molar-refractivity contribution in [2.45, 2.75) is 66.9 Å². The van der Waals surface area contributed by atoms with Crippen LogP contribution in [0.1, 0.15) is 50.4 Å². The van der Waals surface area contributed by atoms with Crippen molar-refractivity contribution in [3.05, 3.63) is 54.1 Å². The molecule has 7 heteroatoms. The number of methoxy groups -OCH3 is 1. The minimum atomic E-state index is -2.09. The molecule has 0 aliphatic carbocycles. The van der Waals surface area contributed by atoms with Crippen LogP contribution in [0.4, 0.5) is 0 Å². The van der Waals surface area contributed by atoms with Gasteiger partial charge >= 0.3 is 142 Å². The van der Waals surface area contributed by atoms with Gasteiger partial charge in [-0.1, -0.05) is 27.2 Å². The number of carbonyl (C=O) groups is 3. The number of nitrogens with one attached hydrogen (secondary N) is 2. The fourth-order valence-electron chi connectivity index (χ4n) is 3.87. The Balaban J connectivity index is 2.13. The molecule has 0 heterocycles.